The Morgan fingerprint density at radius 3 is 2.43 bits per heavy atom. The number of benzene rings is 2. The molecule has 0 heterocycles. The molecule has 0 aromatic heterocycles. The quantitative estimate of drug-likeness (QED) is 0.821. The molecule has 2 aromatic carbocycles. The lowest BCUT2D eigenvalue weighted by atomic mass is 10.2. The van der Waals surface area contributed by atoms with Gasteiger partial charge in [-0.2, -0.15) is 0 Å². The van der Waals surface area contributed by atoms with Gasteiger partial charge in [-0.3, -0.25) is 4.79 Å². The molecule has 0 fully saturated rings. The number of nitrogens with one attached hydrogen (secondary N) is 1. The van der Waals surface area contributed by atoms with Gasteiger partial charge in [0.2, 0.25) is 5.91 Å². The molecule has 23 heavy (non-hydrogen) atoms. The van der Waals surface area contributed by atoms with Gasteiger partial charge in [0.05, 0.1) is 14.2 Å². The normalized spacial score (nSPS) is 10.6. The lowest BCUT2D eigenvalue weighted by Gasteiger charge is -2.09. The number of methoxy groups -OCH3 is 2. The molecule has 1 N–H and O–H groups in total. The number of rotatable bonds is 6. The summed E-state index contributed by atoms with van der Waals surface area (Å²) in [5.41, 5.74) is 1.84. The largest absolute Gasteiger partial charge is 0.493 e. The standard InChI is InChI=1S/C18H18ClNO3/c1-22-16-9-5-14(11-17(16)23-2)12-20-18(21)10-6-13-3-7-15(19)8-4-13/h3-11H,12H2,1-2H3,(H,20,21)/b10-6+. The third-order valence-corrected chi connectivity index (χ3v) is 3.46. The lowest BCUT2D eigenvalue weighted by molar-refractivity contribution is -0.116. The smallest absolute Gasteiger partial charge is 0.244 e. The van der Waals surface area contributed by atoms with Gasteiger partial charge in [0.25, 0.3) is 0 Å². The van der Waals surface area contributed by atoms with Gasteiger partial charge < -0.3 is 14.8 Å². The molecule has 0 aliphatic carbocycles. The van der Waals surface area contributed by atoms with Crippen molar-refractivity contribution in [2.24, 2.45) is 0 Å². The monoisotopic (exact) mass is 331 g/mol. The molecule has 2 aromatic rings. The van der Waals surface area contributed by atoms with Crippen LogP contribution in [0.25, 0.3) is 6.08 Å². The van der Waals surface area contributed by atoms with Gasteiger partial charge in [0, 0.05) is 17.6 Å². The Balaban J connectivity index is 1.92. The highest BCUT2D eigenvalue weighted by atomic mass is 35.5. The number of carbonyl (C=O) groups excluding carboxylic acids is 1. The Kier molecular flexibility index (Phi) is 6.06. The summed E-state index contributed by atoms with van der Waals surface area (Å²) < 4.78 is 10.4. The number of halogens is 1. The minimum atomic E-state index is -0.172. The Labute approximate surface area is 140 Å². The third-order valence-electron chi connectivity index (χ3n) is 3.21. The van der Waals surface area contributed by atoms with Crippen molar-refractivity contribution in [3.05, 3.63) is 64.7 Å². The molecule has 0 aliphatic heterocycles. The minimum Gasteiger partial charge on any atom is -0.493 e. The fourth-order valence-electron chi connectivity index (χ4n) is 1.98. The van der Waals surface area contributed by atoms with Crippen LogP contribution in [0, 0.1) is 0 Å². The second-order valence-corrected chi connectivity index (χ2v) is 5.23. The zero-order valence-corrected chi connectivity index (χ0v) is 13.8. The summed E-state index contributed by atoms with van der Waals surface area (Å²) in [4.78, 5) is 11.9. The number of hydrogen-bond donors (Lipinski definition) is 1. The van der Waals surface area contributed by atoms with E-state index in [2.05, 4.69) is 5.32 Å². The van der Waals surface area contributed by atoms with Crippen LogP contribution in [0.5, 0.6) is 11.5 Å². The van der Waals surface area contributed by atoms with E-state index in [-0.39, 0.29) is 5.91 Å². The average Bonchev–Trinajstić information content (AvgIpc) is 2.59. The van der Waals surface area contributed by atoms with E-state index in [0.717, 1.165) is 11.1 Å². The van der Waals surface area contributed by atoms with Gasteiger partial charge in [-0.05, 0) is 41.5 Å². The van der Waals surface area contributed by atoms with Crippen molar-refractivity contribution >= 4 is 23.6 Å². The molecular weight excluding hydrogens is 314 g/mol. The van der Waals surface area contributed by atoms with E-state index in [4.69, 9.17) is 21.1 Å². The summed E-state index contributed by atoms with van der Waals surface area (Å²) in [7, 11) is 3.16. The molecule has 5 heteroatoms. The van der Waals surface area contributed by atoms with E-state index in [1.807, 2.05) is 30.3 Å². The van der Waals surface area contributed by atoms with Crippen LogP contribution in [-0.4, -0.2) is 20.1 Å². The first-order valence-electron chi connectivity index (χ1n) is 7.05. The van der Waals surface area contributed by atoms with Crippen molar-refractivity contribution in [2.75, 3.05) is 14.2 Å². The maximum absolute atomic E-state index is 11.9. The van der Waals surface area contributed by atoms with Crippen LogP contribution < -0.4 is 14.8 Å². The fourth-order valence-corrected chi connectivity index (χ4v) is 2.11. The maximum atomic E-state index is 11.9. The van der Waals surface area contributed by atoms with Crippen molar-refractivity contribution in [1.82, 2.24) is 5.32 Å². The van der Waals surface area contributed by atoms with Crippen LogP contribution in [0.4, 0.5) is 0 Å². The van der Waals surface area contributed by atoms with Gasteiger partial charge in [-0.15, -0.1) is 0 Å². The van der Waals surface area contributed by atoms with Gasteiger partial charge in [-0.1, -0.05) is 29.8 Å². The second-order valence-electron chi connectivity index (χ2n) is 4.79. The SMILES string of the molecule is COc1ccc(CNC(=O)/C=C/c2ccc(Cl)cc2)cc1OC. The summed E-state index contributed by atoms with van der Waals surface area (Å²) >= 11 is 5.82. The summed E-state index contributed by atoms with van der Waals surface area (Å²) in [5, 5.41) is 3.49. The van der Waals surface area contributed by atoms with Crippen LogP contribution in [0.1, 0.15) is 11.1 Å². The number of ether oxygens (including phenoxy) is 2. The van der Waals surface area contributed by atoms with Crippen molar-refractivity contribution < 1.29 is 14.3 Å². The van der Waals surface area contributed by atoms with Crippen molar-refractivity contribution in [3.63, 3.8) is 0 Å². The van der Waals surface area contributed by atoms with E-state index in [0.29, 0.717) is 23.1 Å². The lowest BCUT2D eigenvalue weighted by Crippen LogP contribution is -2.20. The average molecular weight is 332 g/mol. The first kappa shape index (κ1) is 16.9. The molecule has 120 valence electrons. The highest BCUT2D eigenvalue weighted by Crippen LogP contribution is 2.27. The first-order valence-corrected chi connectivity index (χ1v) is 7.42. The number of hydrogen-bond acceptors (Lipinski definition) is 3. The van der Waals surface area contributed by atoms with Gasteiger partial charge >= 0.3 is 0 Å². The zero-order valence-electron chi connectivity index (χ0n) is 13.0. The molecule has 0 saturated carbocycles. The fraction of sp³-hybridized carbons (Fsp3) is 0.167. The van der Waals surface area contributed by atoms with Crippen LogP contribution in [0.3, 0.4) is 0 Å². The highest BCUT2D eigenvalue weighted by Gasteiger charge is 2.05. The van der Waals surface area contributed by atoms with Crippen LogP contribution >= 0.6 is 11.6 Å². The van der Waals surface area contributed by atoms with Crippen molar-refractivity contribution in [1.29, 1.82) is 0 Å². The number of amides is 1. The third kappa shape index (κ3) is 5.04. The van der Waals surface area contributed by atoms with Gasteiger partial charge in [0.15, 0.2) is 11.5 Å². The molecule has 4 nitrogen and oxygen atoms in total. The van der Waals surface area contributed by atoms with Gasteiger partial charge in [0.1, 0.15) is 0 Å². The summed E-state index contributed by atoms with van der Waals surface area (Å²) in [6.07, 6.45) is 3.23. The summed E-state index contributed by atoms with van der Waals surface area (Å²) in [5.74, 6) is 1.12. The van der Waals surface area contributed by atoms with Crippen LogP contribution in [0.15, 0.2) is 48.5 Å². The van der Waals surface area contributed by atoms with E-state index >= 15 is 0 Å². The van der Waals surface area contributed by atoms with Gasteiger partial charge in [-0.25, -0.2) is 0 Å². The molecule has 0 saturated heterocycles. The predicted molar refractivity (Wildman–Crippen MR) is 91.9 cm³/mol. The molecule has 0 spiro atoms. The van der Waals surface area contributed by atoms with Crippen LogP contribution in [-0.2, 0) is 11.3 Å². The molecule has 0 radical (unpaired) electrons. The van der Waals surface area contributed by atoms with Crippen molar-refractivity contribution in [3.8, 4) is 11.5 Å². The van der Waals surface area contributed by atoms with E-state index < -0.39 is 0 Å². The molecule has 0 atom stereocenters. The zero-order chi connectivity index (χ0) is 16.7. The molecular formula is C18H18ClNO3. The summed E-state index contributed by atoms with van der Waals surface area (Å²) in [6, 6.07) is 12.8. The van der Waals surface area contributed by atoms with Crippen molar-refractivity contribution in [2.45, 2.75) is 6.54 Å². The topological polar surface area (TPSA) is 47.6 Å². The highest BCUT2D eigenvalue weighted by molar-refractivity contribution is 6.30. The first-order chi connectivity index (χ1) is 11.1. The second kappa shape index (κ2) is 8.25. The minimum absolute atomic E-state index is 0.172. The molecule has 0 unspecified atom stereocenters. The molecule has 1 amide bonds. The molecule has 0 bridgehead atoms. The Morgan fingerprint density at radius 2 is 1.78 bits per heavy atom. The molecule has 2 rings (SSSR count). The predicted octanol–water partition coefficient (Wildman–Crippen LogP) is 3.69. The Bertz CT molecular complexity index is 696. The van der Waals surface area contributed by atoms with E-state index in [1.165, 1.54) is 6.08 Å². The van der Waals surface area contributed by atoms with E-state index in [9.17, 15) is 4.79 Å². The summed E-state index contributed by atoms with van der Waals surface area (Å²) in [6.45, 7) is 0.407. The number of carbonyl (C=O) groups is 1. The Hall–Kier alpha value is -2.46. The van der Waals surface area contributed by atoms with E-state index in [1.54, 1.807) is 32.4 Å². The van der Waals surface area contributed by atoms with Crippen LogP contribution in [0.2, 0.25) is 5.02 Å². The maximum Gasteiger partial charge on any atom is 0.244 e. The molecule has 0 aliphatic rings. The Morgan fingerprint density at radius 1 is 1.09 bits per heavy atom.